The molecule has 7 nitrogen and oxygen atoms in total. The van der Waals surface area contributed by atoms with Crippen molar-refractivity contribution < 1.29 is 39.2 Å². The maximum Gasteiger partial charge on any atom is 0.336 e. The fourth-order valence-corrected chi connectivity index (χ4v) is 1.93. The summed E-state index contributed by atoms with van der Waals surface area (Å²) in [6, 6.07) is 3.92. The van der Waals surface area contributed by atoms with Crippen LogP contribution in [0, 0.1) is 5.82 Å². The number of ketones is 1. The van der Waals surface area contributed by atoms with Crippen LogP contribution in [0.4, 0.5) is 4.39 Å². The number of hydrogen-bond donors (Lipinski definition) is 4. The van der Waals surface area contributed by atoms with Gasteiger partial charge in [0.05, 0.1) is 16.7 Å². The molecule has 0 amide bonds. The van der Waals surface area contributed by atoms with E-state index in [0.29, 0.717) is 12.1 Å². The van der Waals surface area contributed by atoms with Gasteiger partial charge < -0.3 is 20.4 Å². The maximum atomic E-state index is 13.4. The molecule has 0 unspecified atom stereocenters. The Morgan fingerprint density at radius 3 is 2.00 bits per heavy atom. The lowest BCUT2D eigenvalue weighted by Crippen LogP contribution is -2.12. The SMILES string of the molecule is O=C(O)c1ccc(C(=O)c2cc(F)c(O)cc2O)c(C(=O)O)c1. The minimum atomic E-state index is -1.56. The molecule has 0 saturated heterocycles. The Bertz CT molecular complexity index is 842. The third-order valence-electron chi connectivity index (χ3n) is 3.05. The van der Waals surface area contributed by atoms with Gasteiger partial charge in [-0.3, -0.25) is 4.79 Å². The number of phenols is 2. The highest BCUT2D eigenvalue weighted by atomic mass is 19.1. The van der Waals surface area contributed by atoms with Gasteiger partial charge in [-0.1, -0.05) is 0 Å². The first-order valence-electron chi connectivity index (χ1n) is 6.09. The third kappa shape index (κ3) is 2.95. The zero-order chi connectivity index (χ0) is 17.3. The molecule has 0 atom stereocenters. The van der Waals surface area contributed by atoms with Crippen LogP contribution >= 0.6 is 0 Å². The largest absolute Gasteiger partial charge is 0.507 e. The molecule has 23 heavy (non-hydrogen) atoms. The van der Waals surface area contributed by atoms with Crippen molar-refractivity contribution in [1.82, 2.24) is 0 Å². The van der Waals surface area contributed by atoms with Crippen molar-refractivity contribution in [3.8, 4) is 11.5 Å². The summed E-state index contributed by atoms with van der Waals surface area (Å²) in [4.78, 5) is 34.4. The number of hydrogen-bond acceptors (Lipinski definition) is 5. The molecule has 0 aromatic heterocycles. The maximum absolute atomic E-state index is 13.4. The van der Waals surface area contributed by atoms with Gasteiger partial charge in [-0.25, -0.2) is 14.0 Å². The molecule has 0 fully saturated rings. The van der Waals surface area contributed by atoms with Crippen molar-refractivity contribution in [1.29, 1.82) is 0 Å². The molecule has 0 bridgehead atoms. The van der Waals surface area contributed by atoms with Crippen LogP contribution < -0.4 is 0 Å². The first-order chi connectivity index (χ1) is 10.7. The van der Waals surface area contributed by atoms with Crippen LogP contribution in [0.3, 0.4) is 0 Å². The van der Waals surface area contributed by atoms with Crippen LogP contribution in [-0.2, 0) is 0 Å². The van der Waals surface area contributed by atoms with E-state index in [1.54, 1.807) is 0 Å². The Labute approximate surface area is 127 Å². The number of aromatic hydroxyl groups is 2. The molecule has 0 spiro atoms. The summed E-state index contributed by atoms with van der Waals surface area (Å²) < 4.78 is 13.4. The second-order valence-corrected chi connectivity index (χ2v) is 4.52. The molecule has 0 aliphatic heterocycles. The van der Waals surface area contributed by atoms with Crippen molar-refractivity contribution in [2.24, 2.45) is 0 Å². The normalized spacial score (nSPS) is 10.3. The van der Waals surface area contributed by atoms with Crippen molar-refractivity contribution >= 4 is 17.7 Å². The van der Waals surface area contributed by atoms with E-state index < -0.39 is 51.7 Å². The molecular formula is C15H9FO7. The summed E-state index contributed by atoms with van der Waals surface area (Å²) in [6.07, 6.45) is 0. The molecule has 0 aliphatic carbocycles. The summed E-state index contributed by atoms with van der Waals surface area (Å²) >= 11 is 0. The lowest BCUT2D eigenvalue weighted by atomic mass is 9.95. The highest BCUT2D eigenvalue weighted by Gasteiger charge is 2.23. The molecule has 8 heteroatoms. The number of rotatable bonds is 4. The number of carboxylic acids is 2. The number of carboxylic acid groups (broad SMARTS) is 2. The van der Waals surface area contributed by atoms with E-state index in [9.17, 15) is 23.9 Å². The van der Waals surface area contributed by atoms with E-state index in [2.05, 4.69) is 0 Å². The molecule has 0 saturated carbocycles. The standard InChI is InChI=1S/C15H9FO7/c16-10-4-9(11(17)5-12(10)18)13(19)7-2-1-6(14(20)21)3-8(7)15(22)23/h1-5,17-18H,(H,20,21)(H,22,23). The smallest absolute Gasteiger partial charge is 0.336 e. The first kappa shape index (κ1) is 16.0. The minimum absolute atomic E-state index is 0.347. The lowest BCUT2D eigenvalue weighted by molar-refractivity contribution is 0.0692. The van der Waals surface area contributed by atoms with E-state index in [4.69, 9.17) is 15.3 Å². The van der Waals surface area contributed by atoms with E-state index in [1.165, 1.54) is 0 Å². The number of carbonyl (C=O) groups excluding carboxylic acids is 1. The Morgan fingerprint density at radius 2 is 1.43 bits per heavy atom. The zero-order valence-electron chi connectivity index (χ0n) is 11.3. The quantitative estimate of drug-likeness (QED) is 0.632. The highest BCUT2D eigenvalue weighted by Crippen LogP contribution is 2.29. The molecule has 0 heterocycles. The van der Waals surface area contributed by atoms with Gasteiger partial charge in [0.25, 0.3) is 0 Å². The monoisotopic (exact) mass is 320 g/mol. The Kier molecular flexibility index (Phi) is 4.00. The summed E-state index contributed by atoms with van der Waals surface area (Å²) in [5.74, 6) is -6.77. The minimum Gasteiger partial charge on any atom is -0.507 e. The van der Waals surface area contributed by atoms with E-state index in [-0.39, 0.29) is 5.56 Å². The molecule has 2 rings (SSSR count). The predicted molar refractivity (Wildman–Crippen MR) is 73.5 cm³/mol. The Balaban J connectivity index is 2.62. The predicted octanol–water partition coefficient (Wildman–Crippen LogP) is 1.86. The first-order valence-corrected chi connectivity index (χ1v) is 6.09. The van der Waals surface area contributed by atoms with E-state index in [1.807, 2.05) is 0 Å². The van der Waals surface area contributed by atoms with Crippen LogP contribution in [0.2, 0.25) is 0 Å². The van der Waals surface area contributed by atoms with Gasteiger partial charge in [-0.05, 0) is 24.3 Å². The van der Waals surface area contributed by atoms with Gasteiger partial charge in [-0.2, -0.15) is 0 Å². The van der Waals surface area contributed by atoms with Gasteiger partial charge in [-0.15, -0.1) is 0 Å². The van der Waals surface area contributed by atoms with Crippen molar-refractivity contribution in [3.05, 3.63) is 58.4 Å². The van der Waals surface area contributed by atoms with Crippen molar-refractivity contribution in [2.45, 2.75) is 0 Å². The van der Waals surface area contributed by atoms with Gasteiger partial charge in [0.2, 0.25) is 0 Å². The molecule has 2 aromatic rings. The lowest BCUT2D eigenvalue weighted by Gasteiger charge is -2.09. The summed E-state index contributed by atoms with van der Waals surface area (Å²) in [5.41, 5.74) is -1.95. The molecule has 4 N–H and O–H groups in total. The summed E-state index contributed by atoms with van der Waals surface area (Å²) in [5, 5.41) is 36.7. The molecule has 118 valence electrons. The van der Waals surface area contributed by atoms with Crippen molar-refractivity contribution in [2.75, 3.05) is 0 Å². The van der Waals surface area contributed by atoms with Crippen molar-refractivity contribution in [3.63, 3.8) is 0 Å². The van der Waals surface area contributed by atoms with Crippen LogP contribution in [-0.4, -0.2) is 38.1 Å². The second-order valence-electron chi connectivity index (χ2n) is 4.52. The fourth-order valence-electron chi connectivity index (χ4n) is 1.93. The number of halogens is 1. The second kappa shape index (κ2) is 5.76. The van der Waals surface area contributed by atoms with E-state index >= 15 is 0 Å². The average Bonchev–Trinajstić information content (AvgIpc) is 2.49. The number of carbonyl (C=O) groups is 3. The van der Waals surface area contributed by atoms with Gasteiger partial charge in [0.1, 0.15) is 5.75 Å². The average molecular weight is 320 g/mol. The molecular weight excluding hydrogens is 311 g/mol. The topological polar surface area (TPSA) is 132 Å². The molecule has 0 aliphatic rings. The zero-order valence-corrected chi connectivity index (χ0v) is 11.3. The van der Waals surface area contributed by atoms with Crippen LogP contribution in [0.25, 0.3) is 0 Å². The number of aromatic carboxylic acids is 2. The fraction of sp³-hybridized carbons (Fsp3) is 0. The number of phenolic OH excluding ortho intramolecular Hbond substituents is 2. The van der Waals surface area contributed by atoms with Gasteiger partial charge >= 0.3 is 11.9 Å². The van der Waals surface area contributed by atoms with Crippen LogP contribution in [0.15, 0.2) is 30.3 Å². The molecule has 2 aromatic carbocycles. The number of benzene rings is 2. The van der Waals surface area contributed by atoms with Gasteiger partial charge in [0.15, 0.2) is 17.3 Å². The van der Waals surface area contributed by atoms with Gasteiger partial charge in [0, 0.05) is 11.6 Å². The van der Waals surface area contributed by atoms with Crippen LogP contribution in [0.1, 0.15) is 36.6 Å². The van der Waals surface area contributed by atoms with E-state index in [0.717, 1.165) is 18.2 Å². The molecule has 0 radical (unpaired) electrons. The summed E-state index contributed by atoms with van der Waals surface area (Å²) in [6.45, 7) is 0. The highest BCUT2D eigenvalue weighted by molar-refractivity contribution is 6.16. The Morgan fingerprint density at radius 1 is 0.783 bits per heavy atom. The van der Waals surface area contributed by atoms with Crippen LogP contribution in [0.5, 0.6) is 11.5 Å². The summed E-state index contributed by atoms with van der Waals surface area (Å²) in [7, 11) is 0. The Hall–Kier alpha value is -3.42. The third-order valence-corrected chi connectivity index (χ3v) is 3.05.